The van der Waals surface area contributed by atoms with Gasteiger partial charge in [-0.15, -0.1) is 11.6 Å². The average molecular weight is 268 g/mol. The summed E-state index contributed by atoms with van der Waals surface area (Å²) >= 11 is 6.44. The molecule has 2 aromatic rings. The topological polar surface area (TPSA) is 35.1 Å². The minimum Gasteiger partial charge on any atom is -0.408 e. The molecule has 98 valence electrons. The molecular weight excluding hydrogens is 250 g/mol. The third-order valence-electron chi connectivity index (χ3n) is 3.06. The fraction of sp³-hybridized carbons (Fsp3) is 0.500. The summed E-state index contributed by atoms with van der Waals surface area (Å²) in [4.78, 5) is 11.6. The largest absolute Gasteiger partial charge is 0.419 e. The van der Waals surface area contributed by atoms with Crippen molar-refractivity contribution in [1.29, 1.82) is 0 Å². The third kappa shape index (κ3) is 2.19. The predicted molar refractivity (Wildman–Crippen MR) is 74.2 cm³/mol. The Morgan fingerprint density at radius 3 is 2.61 bits per heavy atom. The maximum atomic E-state index is 11.6. The Kier molecular flexibility index (Phi) is 3.28. The quantitative estimate of drug-likeness (QED) is 0.773. The first-order chi connectivity index (χ1) is 8.34. The first kappa shape index (κ1) is 13.2. The highest BCUT2D eigenvalue weighted by molar-refractivity contribution is 6.21. The monoisotopic (exact) mass is 267 g/mol. The molecule has 0 amide bonds. The molecule has 0 bridgehead atoms. The number of alkyl halides is 1. The van der Waals surface area contributed by atoms with Crippen molar-refractivity contribution < 1.29 is 4.42 Å². The van der Waals surface area contributed by atoms with Crippen molar-refractivity contribution in [3.05, 3.63) is 34.3 Å². The van der Waals surface area contributed by atoms with Crippen molar-refractivity contribution in [3.8, 4) is 0 Å². The summed E-state index contributed by atoms with van der Waals surface area (Å²) in [5.74, 6) is -0.313. The van der Waals surface area contributed by atoms with Crippen molar-refractivity contribution in [1.82, 2.24) is 4.57 Å². The maximum Gasteiger partial charge on any atom is 0.419 e. The van der Waals surface area contributed by atoms with Gasteiger partial charge in [-0.3, -0.25) is 4.57 Å². The minimum absolute atomic E-state index is 0.0388. The van der Waals surface area contributed by atoms with Crippen molar-refractivity contribution in [2.45, 2.75) is 39.6 Å². The molecule has 1 aromatic carbocycles. The second-order valence-corrected chi connectivity index (χ2v) is 6.00. The zero-order valence-corrected chi connectivity index (χ0v) is 11.9. The molecule has 0 spiro atoms. The van der Waals surface area contributed by atoms with E-state index in [1.165, 1.54) is 0 Å². The normalized spacial score (nSPS) is 14.1. The standard InChI is InChI=1S/C14H18ClNO2/c1-5-16-10-7-6-9(12(15)14(2,3)4)8-11(10)18-13(16)17/h6-8,12H,5H2,1-4H3. The van der Waals surface area contributed by atoms with E-state index in [0.29, 0.717) is 12.1 Å². The van der Waals surface area contributed by atoms with E-state index < -0.39 is 0 Å². The third-order valence-corrected chi connectivity index (χ3v) is 3.97. The van der Waals surface area contributed by atoms with Crippen LogP contribution in [0.3, 0.4) is 0 Å². The Morgan fingerprint density at radius 1 is 1.39 bits per heavy atom. The highest BCUT2D eigenvalue weighted by atomic mass is 35.5. The van der Waals surface area contributed by atoms with Crippen LogP contribution in [0.4, 0.5) is 0 Å². The lowest BCUT2D eigenvalue weighted by atomic mass is 9.87. The molecule has 0 aliphatic heterocycles. The molecule has 18 heavy (non-hydrogen) atoms. The van der Waals surface area contributed by atoms with Gasteiger partial charge in [0.2, 0.25) is 0 Å². The summed E-state index contributed by atoms with van der Waals surface area (Å²) in [6.45, 7) is 8.78. The zero-order chi connectivity index (χ0) is 13.5. The summed E-state index contributed by atoms with van der Waals surface area (Å²) in [6, 6.07) is 5.73. The average Bonchev–Trinajstić information content (AvgIpc) is 2.60. The van der Waals surface area contributed by atoms with Crippen molar-refractivity contribution in [2.24, 2.45) is 5.41 Å². The molecule has 1 unspecified atom stereocenters. The fourth-order valence-corrected chi connectivity index (χ4v) is 2.18. The Bertz CT molecular complexity index is 619. The van der Waals surface area contributed by atoms with Gasteiger partial charge in [0, 0.05) is 6.54 Å². The molecule has 0 saturated carbocycles. The number of fused-ring (bicyclic) bond motifs is 1. The Hall–Kier alpha value is -1.22. The number of rotatable bonds is 2. The Labute approximate surface area is 111 Å². The van der Waals surface area contributed by atoms with Gasteiger partial charge in [-0.1, -0.05) is 26.8 Å². The van der Waals surface area contributed by atoms with Gasteiger partial charge in [-0.2, -0.15) is 0 Å². The van der Waals surface area contributed by atoms with Gasteiger partial charge in [-0.25, -0.2) is 4.79 Å². The molecule has 0 fully saturated rings. The van der Waals surface area contributed by atoms with Gasteiger partial charge >= 0.3 is 5.76 Å². The number of aryl methyl sites for hydroxylation is 1. The van der Waals surface area contributed by atoms with Crippen molar-refractivity contribution in [3.63, 3.8) is 0 Å². The highest BCUT2D eigenvalue weighted by Crippen LogP contribution is 2.39. The van der Waals surface area contributed by atoms with Crippen LogP contribution >= 0.6 is 11.6 Å². The number of benzene rings is 1. The van der Waals surface area contributed by atoms with E-state index in [0.717, 1.165) is 11.1 Å². The van der Waals surface area contributed by atoms with Crippen LogP contribution < -0.4 is 5.76 Å². The fourth-order valence-electron chi connectivity index (χ4n) is 2.04. The van der Waals surface area contributed by atoms with Crippen LogP contribution in [0.2, 0.25) is 0 Å². The van der Waals surface area contributed by atoms with E-state index in [9.17, 15) is 4.79 Å². The van der Waals surface area contributed by atoms with Gasteiger partial charge in [0.1, 0.15) is 0 Å². The SMILES string of the molecule is CCn1c(=O)oc2cc(C(Cl)C(C)(C)C)ccc21. The van der Waals surface area contributed by atoms with Crippen LogP contribution in [-0.4, -0.2) is 4.57 Å². The Morgan fingerprint density at radius 2 is 2.06 bits per heavy atom. The van der Waals surface area contributed by atoms with E-state index >= 15 is 0 Å². The van der Waals surface area contributed by atoms with Gasteiger partial charge in [-0.05, 0) is 30.0 Å². The van der Waals surface area contributed by atoms with E-state index in [-0.39, 0.29) is 16.5 Å². The second-order valence-electron chi connectivity index (χ2n) is 5.57. The van der Waals surface area contributed by atoms with Crippen LogP contribution in [-0.2, 0) is 6.54 Å². The first-order valence-electron chi connectivity index (χ1n) is 6.12. The molecule has 3 nitrogen and oxygen atoms in total. The van der Waals surface area contributed by atoms with Crippen LogP contribution in [0, 0.1) is 5.41 Å². The van der Waals surface area contributed by atoms with Crippen LogP contribution in [0.1, 0.15) is 38.6 Å². The molecule has 1 atom stereocenters. The molecule has 0 aliphatic carbocycles. The lowest BCUT2D eigenvalue weighted by Crippen LogP contribution is -2.13. The summed E-state index contributed by atoms with van der Waals surface area (Å²) in [7, 11) is 0. The van der Waals surface area contributed by atoms with Crippen LogP contribution in [0.15, 0.2) is 27.4 Å². The lowest BCUT2D eigenvalue weighted by molar-refractivity contribution is 0.396. The van der Waals surface area contributed by atoms with Crippen molar-refractivity contribution in [2.75, 3.05) is 0 Å². The van der Waals surface area contributed by atoms with E-state index in [1.807, 2.05) is 25.1 Å². The number of halogens is 1. The summed E-state index contributed by atoms with van der Waals surface area (Å²) in [6.07, 6.45) is 0. The highest BCUT2D eigenvalue weighted by Gasteiger charge is 2.24. The molecule has 0 aliphatic rings. The summed E-state index contributed by atoms with van der Waals surface area (Å²) in [5, 5.41) is -0.114. The molecule has 2 rings (SSSR count). The van der Waals surface area contributed by atoms with Crippen molar-refractivity contribution >= 4 is 22.7 Å². The number of hydrogen-bond donors (Lipinski definition) is 0. The molecule has 1 aromatic heterocycles. The number of nitrogens with zero attached hydrogens (tertiary/aromatic N) is 1. The van der Waals surface area contributed by atoms with Gasteiger partial charge in [0.15, 0.2) is 5.58 Å². The van der Waals surface area contributed by atoms with Gasteiger partial charge < -0.3 is 4.42 Å². The smallest absolute Gasteiger partial charge is 0.408 e. The number of aromatic nitrogens is 1. The Balaban J connectivity index is 2.56. The molecule has 0 N–H and O–H groups in total. The lowest BCUT2D eigenvalue weighted by Gasteiger charge is -2.25. The molecular formula is C14H18ClNO2. The second kappa shape index (κ2) is 4.47. The van der Waals surface area contributed by atoms with Gasteiger partial charge in [0.05, 0.1) is 10.9 Å². The zero-order valence-electron chi connectivity index (χ0n) is 11.2. The molecule has 4 heteroatoms. The van der Waals surface area contributed by atoms with E-state index in [2.05, 4.69) is 20.8 Å². The van der Waals surface area contributed by atoms with Crippen LogP contribution in [0.25, 0.3) is 11.1 Å². The van der Waals surface area contributed by atoms with Gasteiger partial charge in [0.25, 0.3) is 0 Å². The maximum absolute atomic E-state index is 11.6. The molecule has 1 heterocycles. The summed E-state index contributed by atoms with van der Waals surface area (Å²) in [5.41, 5.74) is 2.37. The molecule has 0 radical (unpaired) electrons. The number of oxazole rings is 1. The molecule has 0 saturated heterocycles. The minimum atomic E-state index is -0.313. The number of hydrogen-bond acceptors (Lipinski definition) is 2. The van der Waals surface area contributed by atoms with Crippen LogP contribution in [0.5, 0.6) is 0 Å². The predicted octanol–water partition coefficient (Wildman–Crippen LogP) is 3.94. The summed E-state index contributed by atoms with van der Waals surface area (Å²) < 4.78 is 6.85. The van der Waals surface area contributed by atoms with E-state index in [4.69, 9.17) is 16.0 Å². The first-order valence-corrected chi connectivity index (χ1v) is 6.55. The van der Waals surface area contributed by atoms with E-state index in [1.54, 1.807) is 4.57 Å².